The zero-order valence-electron chi connectivity index (χ0n) is 16.5. The van der Waals surface area contributed by atoms with E-state index in [2.05, 4.69) is 38.4 Å². The van der Waals surface area contributed by atoms with Gasteiger partial charge in [-0.15, -0.1) is 0 Å². The van der Waals surface area contributed by atoms with Crippen molar-refractivity contribution in [2.45, 2.75) is 52.7 Å². The first kappa shape index (κ1) is 23.3. The van der Waals surface area contributed by atoms with Gasteiger partial charge >= 0.3 is 6.09 Å². The van der Waals surface area contributed by atoms with Gasteiger partial charge in [0.1, 0.15) is 0 Å². The van der Waals surface area contributed by atoms with E-state index in [0.717, 1.165) is 5.56 Å². The maximum absolute atomic E-state index is 11.5. The van der Waals surface area contributed by atoms with Crippen molar-refractivity contribution in [2.24, 2.45) is 0 Å². The lowest BCUT2D eigenvalue weighted by atomic mass is 10.2. The van der Waals surface area contributed by atoms with Gasteiger partial charge in [0.25, 0.3) is 8.53 Å². The molecule has 150 valence electrons. The first-order valence-electron chi connectivity index (χ1n) is 9.09. The highest BCUT2D eigenvalue weighted by molar-refractivity contribution is 7.44. The van der Waals surface area contributed by atoms with Gasteiger partial charge in [0.2, 0.25) is 0 Å². The number of carbonyl (C=O) groups is 1. The molecule has 0 heterocycles. The Morgan fingerprint density at radius 3 is 2.26 bits per heavy atom. The molecule has 0 aliphatic rings. The average Bonchev–Trinajstić information content (AvgIpc) is 2.61. The summed E-state index contributed by atoms with van der Waals surface area (Å²) in [5.41, 5.74) is 0.929. The van der Waals surface area contributed by atoms with Crippen LogP contribution in [0.5, 0.6) is 0 Å². The summed E-state index contributed by atoms with van der Waals surface area (Å²) >= 11 is 0. The van der Waals surface area contributed by atoms with Crippen LogP contribution in [0.25, 0.3) is 0 Å². The fourth-order valence-electron chi connectivity index (χ4n) is 2.59. The Hall–Kier alpha value is -1.71. The van der Waals surface area contributed by atoms with Crippen molar-refractivity contribution >= 4 is 14.6 Å². The van der Waals surface area contributed by atoms with Gasteiger partial charge < -0.3 is 19.1 Å². The SMILES string of the molecule is CC(C)N(C(C)C)P(OCCC#N)OCCN(Cc1ccccc1)C(=O)O. The molecule has 0 fully saturated rings. The van der Waals surface area contributed by atoms with Crippen molar-refractivity contribution in [3.05, 3.63) is 35.9 Å². The smallest absolute Gasteiger partial charge is 0.407 e. The van der Waals surface area contributed by atoms with E-state index in [0.29, 0.717) is 19.6 Å². The lowest BCUT2D eigenvalue weighted by Gasteiger charge is -2.35. The molecule has 1 atom stereocenters. The van der Waals surface area contributed by atoms with Gasteiger partial charge in [0, 0.05) is 25.2 Å². The number of benzene rings is 1. The van der Waals surface area contributed by atoms with Gasteiger partial charge in [-0.25, -0.2) is 9.46 Å². The monoisotopic (exact) mass is 395 g/mol. The van der Waals surface area contributed by atoms with Crippen LogP contribution >= 0.6 is 8.53 Å². The largest absolute Gasteiger partial charge is 0.465 e. The fourth-order valence-corrected chi connectivity index (χ4v) is 4.17. The van der Waals surface area contributed by atoms with Crippen LogP contribution in [-0.4, -0.2) is 52.6 Å². The van der Waals surface area contributed by atoms with Crippen molar-refractivity contribution < 1.29 is 18.9 Å². The van der Waals surface area contributed by atoms with E-state index in [9.17, 15) is 9.90 Å². The van der Waals surface area contributed by atoms with Crippen LogP contribution in [-0.2, 0) is 15.6 Å². The average molecular weight is 395 g/mol. The minimum absolute atomic E-state index is 0.207. The number of amides is 1. The van der Waals surface area contributed by atoms with Crippen molar-refractivity contribution in [1.82, 2.24) is 9.57 Å². The van der Waals surface area contributed by atoms with Gasteiger partial charge in [-0.2, -0.15) is 5.26 Å². The normalized spacial score (nSPS) is 12.4. The first-order chi connectivity index (χ1) is 12.9. The predicted octanol–water partition coefficient (Wildman–Crippen LogP) is 4.46. The molecule has 0 saturated carbocycles. The maximum Gasteiger partial charge on any atom is 0.407 e. The zero-order chi connectivity index (χ0) is 20.2. The van der Waals surface area contributed by atoms with Crippen LogP contribution in [0.1, 0.15) is 39.7 Å². The summed E-state index contributed by atoms with van der Waals surface area (Å²) in [6, 6.07) is 11.9. The highest BCUT2D eigenvalue weighted by Gasteiger charge is 2.27. The first-order valence-corrected chi connectivity index (χ1v) is 10.2. The predicted molar refractivity (Wildman–Crippen MR) is 106 cm³/mol. The number of hydrogen-bond acceptors (Lipinski definition) is 5. The molecular weight excluding hydrogens is 365 g/mol. The van der Waals surface area contributed by atoms with Gasteiger partial charge in [0.15, 0.2) is 0 Å². The molecule has 0 aliphatic carbocycles. The number of hydrogen-bond donors (Lipinski definition) is 1. The molecule has 1 unspecified atom stereocenters. The Labute approximate surface area is 163 Å². The Kier molecular flexibility index (Phi) is 10.9. The zero-order valence-corrected chi connectivity index (χ0v) is 17.4. The molecule has 1 amide bonds. The number of carboxylic acid groups (broad SMARTS) is 1. The summed E-state index contributed by atoms with van der Waals surface area (Å²) in [5.74, 6) is 0. The van der Waals surface area contributed by atoms with E-state index in [4.69, 9.17) is 14.3 Å². The quantitative estimate of drug-likeness (QED) is 0.415. The fraction of sp³-hybridized carbons (Fsp3) is 0.579. The Balaban J connectivity index is 2.68. The van der Waals surface area contributed by atoms with Crippen molar-refractivity contribution in [3.63, 3.8) is 0 Å². The lowest BCUT2D eigenvalue weighted by Crippen LogP contribution is -2.35. The van der Waals surface area contributed by atoms with Crippen molar-refractivity contribution in [1.29, 1.82) is 5.26 Å². The van der Waals surface area contributed by atoms with Crippen molar-refractivity contribution in [3.8, 4) is 6.07 Å². The molecule has 0 saturated heterocycles. The third kappa shape index (κ3) is 8.68. The highest BCUT2D eigenvalue weighted by atomic mass is 31.2. The summed E-state index contributed by atoms with van der Waals surface area (Å²) in [5, 5.41) is 18.2. The molecule has 1 rings (SSSR count). The second kappa shape index (κ2) is 12.6. The van der Waals surface area contributed by atoms with E-state index >= 15 is 0 Å². The van der Waals surface area contributed by atoms with Crippen LogP contribution in [0.4, 0.5) is 4.79 Å². The number of nitrogens with zero attached hydrogens (tertiary/aromatic N) is 3. The molecule has 27 heavy (non-hydrogen) atoms. The third-order valence-electron chi connectivity index (χ3n) is 3.71. The minimum Gasteiger partial charge on any atom is -0.465 e. The summed E-state index contributed by atoms with van der Waals surface area (Å²) in [4.78, 5) is 12.9. The van der Waals surface area contributed by atoms with Crippen LogP contribution in [0.3, 0.4) is 0 Å². The van der Waals surface area contributed by atoms with Gasteiger partial charge in [-0.1, -0.05) is 30.3 Å². The lowest BCUT2D eigenvalue weighted by molar-refractivity contribution is 0.123. The molecule has 1 N–H and O–H groups in total. The molecular formula is C19H30N3O4P. The van der Waals surface area contributed by atoms with Crippen LogP contribution in [0.15, 0.2) is 30.3 Å². The molecule has 1 aromatic rings. The van der Waals surface area contributed by atoms with Gasteiger partial charge in [-0.05, 0) is 33.3 Å². The molecule has 0 spiro atoms. The third-order valence-corrected chi connectivity index (χ3v) is 5.82. The second-order valence-corrected chi connectivity index (χ2v) is 8.02. The van der Waals surface area contributed by atoms with Crippen LogP contribution < -0.4 is 0 Å². The molecule has 8 heteroatoms. The molecule has 0 aliphatic heterocycles. The standard InChI is InChI=1S/C19H30N3O4P/c1-16(2)22(17(3)4)27(25-13-8-11-20)26-14-12-21(19(23)24)15-18-9-6-5-7-10-18/h5-7,9-10,16-17H,8,12-15H2,1-4H3,(H,23,24). The second-order valence-electron chi connectivity index (χ2n) is 6.57. The Morgan fingerprint density at radius 2 is 1.74 bits per heavy atom. The molecule has 1 aromatic carbocycles. The van der Waals surface area contributed by atoms with Crippen LogP contribution in [0, 0.1) is 11.3 Å². The number of nitriles is 1. The molecule has 0 bridgehead atoms. The highest BCUT2D eigenvalue weighted by Crippen LogP contribution is 2.45. The van der Waals surface area contributed by atoms with E-state index in [1.54, 1.807) is 0 Å². The molecule has 0 radical (unpaired) electrons. The van der Waals surface area contributed by atoms with E-state index in [1.165, 1.54) is 4.90 Å². The Morgan fingerprint density at radius 1 is 1.15 bits per heavy atom. The van der Waals surface area contributed by atoms with Gasteiger partial charge in [-0.3, -0.25) is 0 Å². The topological polar surface area (TPSA) is 86.0 Å². The summed E-state index contributed by atoms with van der Waals surface area (Å²) in [7, 11) is -1.36. The molecule has 0 aromatic heterocycles. The minimum atomic E-state index is -1.36. The molecule has 7 nitrogen and oxygen atoms in total. The number of rotatable bonds is 12. The van der Waals surface area contributed by atoms with E-state index in [-0.39, 0.29) is 25.2 Å². The maximum atomic E-state index is 11.5. The summed E-state index contributed by atoms with van der Waals surface area (Å²) < 4.78 is 13.9. The summed E-state index contributed by atoms with van der Waals surface area (Å²) in [6.45, 7) is 9.32. The van der Waals surface area contributed by atoms with Crippen LogP contribution in [0.2, 0.25) is 0 Å². The Bertz CT molecular complexity index is 584. The van der Waals surface area contributed by atoms with Gasteiger partial charge in [0.05, 0.1) is 25.7 Å². The summed E-state index contributed by atoms with van der Waals surface area (Å²) in [6.07, 6.45) is -0.691. The van der Waals surface area contributed by atoms with E-state index < -0.39 is 14.6 Å². The van der Waals surface area contributed by atoms with E-state index in [1.807, 2.05) is 30.3 Å². The van der Waals surface area contributed by atoms with Crippen molar-refractivity contribution in [2.75, 3.05) is 19.8 Å².